The van der Waals surface area contributed by atoms with Crippen molar-refractivity contribution in [2.45, 2.75) is 19.0 Å². The second kappa shape index (κ2) is 8.19. The van der Waals surface area contributed by atoms with Gasteiger partial charge in [-0.1, -0.05) is 18.2 Å². The maximum Gasteiger partial charge on any atom is 0.418 e. The Bertz CT molecular complexity index is 567. The summed E-state index contributed by atoms with van der Waals surface area (Å²) in [5, 5.41) is 2.38. The van der Waals surface area contributed by atoms with Gasteiger partial charge in [-0.2, -0.15) is 13.2 Å². The molecule has 0 unspecified atom stereocenters. The van der Waals surface area contributed by atoms with E-state index in [9.17, 15) is 18.0 Å². The van der Waals surface area contributed by atoms with E-state index >= 15 is 0 Å². The second-order valence-electron chi connectivity index (χ2n) is 5.73. The molecule has 1 heterocycles. The quantitative estimate of drug-likeness (QED) is 0.645. The molecule has 0 radical (unpaired) electrons. The largest absolute Gasteiger partial charge is 0.418 e. The number of amides is 2. The number of urea groups is 1. The minimum atomic E-state index is -4.50. The lowest BCUT2D eigenvalue weighted by molar-refractivity contribution is -0.136. The number of rotatable bonds is 5. The Labute approximate surface area is 139 Å². The van der Waals surface area contributed by atoms with Gasteiger partial charge >= 0.3 is 12.2 Å². The molecule has 7 heteroatoms. The van der Waals surface area contributed by atoms with Crippen LogP contribution in [0.25, 0.3) is 0 Å². The number of piperidine rings is 1. The van der Waals surface area contributed by atoms with Gasteiger partial charge in [0.05, 0.1) is 17.9 Å². The fourth-order valence-electron chi connectivity index (χ4n) is 2.65. The lowest BCUT2D eigenvalue weighted by atomic mass is 9.98. The monoisotopic (exact) mass is 342 g/mol. The van der Waals surface area contributed by atoms with Crippen molar-refractivity contribution < 1.29 is 22.7 Å². The zero-order chi connectivity index (χ0) is 17.6. The summed E-state index contributed by atoms with van der Waals surface area (Å²) >= 11 is 0. The van der Waals surface area contributed by atoms with Crippen molar-refractivity contribution in [3.8, 4) is 0 Å². The van der Waals surface area contributed by atoms with Gasteiger partial charge in [-0.15, -0.1) is 6.58 Å². The van der Waals surface area contributed by atoms with Gasteiger partial charge in [0.25, 0.3) is 0 Å². The molecule has 132 valence electrons. The Balaban J connectivity index is 1.90. The summed E-state index contributed by atoms with van der Waals surface area (Å²) in [6, 6.07) is 4.48. The number of anilines is 1. The Morgan fingerprint density at radius 1 is 1.33 bits per heavy atom. The number of hydrogen-bond acceptors (Lipinski definition) is 2. The van der Waals surface area contributed by atoms with Crippen molar-refractivity contribution in [1.82, 2.24) is 4.90 Å². The van der Waals surface area contributed by atoms with Crippen molar-refractivity contribution in [3.05, 3.63) is 42.5 Å². The van der Waals surface area contributed by atoms with Gasteiger partial charge in [0.1, 0.15) is 0 Å². The number of alkyl halides is 3. The highest BCUT2D eigenvalue weighted by Gasteiger charge is 2.34. The molecule has 1 saturated heterocycles. The van der Waals surface area contributed by atoms with Crippen LogP contribution in [0.3, 0.4) is 0 Å². The number of hydrogen-bond donors (Lipinski definition) is 1. The SMILES string of the molecule is C=CCOCC1CCN(C(=O)Nc2ccccc2C(F)(F)F)CC1. The lowest BCUT2D eigenvalue weighted by Gasteiger charge is -2.32. The van der Waals surface area contributed by atoms with Crippen molar-refractivity contribution in [3.63, 3.8) is 0 Å². The van der Waals surface area contributed by atoms with E-state index in [1.807, 2.05) is 0 Å². The van der Waals surface area contributed by atoms with E-state index in [1.54, 1.807) is 6.08 Å². The van der Waals surface area contributed by atoms with Gasteiger partial charge in [0.2, 0.25) is 0 Å². The highest BCUT2D eigenvalue weighted by atomic mass is 19.4. The van der Waals surface area contributed by atoms with Crippen LogP contribution in [0.1, 0.15) is 18.4 Å². The summed E-state index contributed by atoms with van der Waals surface area (Å²) in [5.41, 5.74) is -1.06. The number of ether oxygens (including phenoxy) is 1. The van der Waals surface area contributed by atoms with Crippen LogP contribution >= 0.6 is 0 Å². The van der Waals surface area contributed by atoms with Crippen LogP contribution in [-0.2, 0) is 10.9 Å². The Morgan fingerprint density at radius 3 is 2.62 bits per heavy atom. The first-order valence-corrected chi connectivity index (χ1v) is 7.82. The van der Waals surface area contributed by atoms with Crippen LogP contribution in [0.4, 0.5) is 23.7 Å². The fourth-order valence-corrected chi connectivity index (χ4v) is 2.65. The topological polar surface area (TPSA) is 41.6 Å². The molecule has 0 spiro atoms. The van der Waals surface area contributed by atoms with Crippen LogP contribution in [0.5, 0.6) is 0 Å². The lowest BCUT2D eigenvalue weighted by Crippen LogP contribution is -2.42. The standard InChI is InChI=1S/C17H21F3N2O2/c1-2-11-24-12-13-7-9-22(10-8-13)16(23)21-15-6-4-3-5-14(15)17(18,19)20/h2-6,13H,1,7-12H2,(H,21,23). The second-order valence-corrected chi connectivity index (χ2v) is 5.73. The summed E-state index contributed by atoms with van der Waals surface area (Å²) in [6.45, 7) is 5.69. The Kier molecular flexibility index (Phi) is 6.25. The predicted molar refractivity (Wildman–Crippen MR) is 85.8 cm³/mol. The molecule has 1 fully saturated rings. The normalized spacial score (nSPS) is 16.0. The molecule has 0 bridgehead atoms. The number of halogens is 3. The summed E-state index contributed by atoms with van der Waals surface area (Å²) in [4.78, 5) is 13.8. The Morgan fingerprint density at radius 2 is 2.00 bits per heavy atom. The fraction of sp³-hybridized carbons (Fsp3) is 0.471. The van der Waals surface area contributed by atoms with Crippen molar-refractivity contribution in [2.24, 2.45) is 5.92 Å². The first-order chi connectivity index (χ1) is 11.4. The van der Waals surface area contributed by atoms with Gasteiger partial charge in [0.15, 0.2) is 0 Å². The van der Waals surface area contributed by atoms with E-state index in [0.717, 1.165) is 18.9 Å². The summed E-state index contributed by atoms with van der Waals surface area (Å²) in [6.07, 6.45) is -1.28. The Hall–Kier alpha value is -2.02. The van der Waals surface area contributed by atoms with Crippen LogP contribution in [0.2, 0.25) is 0 Å². The molecule has 4 nitrogen and oxygen atoms in total. The number of nitrogens with one attached hydrogen (secondary N) is 1. The van der Waals surface area contributed by atoms with E-state index in [-0.39, 0.29) is 5.69 Å². The molecule has 1 aliphatic heterocycles. The van der Waals surface area contributed by atoms with Crippen LogP contribution in [-0.4, -0.2) is 37.2 Å². The average molecular weight is 342 g/mol. The van der Waals surface area contributed by atoms with E-state index < -0.39 is 17.8 Å². The van der Waals surface area contributed by atoms with Gasteiger partial charge in [-0.3, -0.25) is 0 Å². The molecule has 0 aromatic heterocycles. The molecule has 0 aliphatic carbocycles. The minimum Gasteiger partial charge on any atom is -0.377 e. The number of para-hydroxylation sites is 1. The third kappa shape index (κ3) is 4.99. The number of carbonyl (C=O) groups excluding carboxylic acids is 1. The minimum absolute atomic E-state index is 0.216. The molecular weight excluding hydrogens is 321 g/mol. The first-order valence-electron chi connectivity index (χ1n) is 7.82. The highest BCUT2D eigenvalue weighted by Crippen LogP contribution is 2.34. The van der Waals surface area contributed by atoms with Gasteiger partial charge in [-0.05, 0) is 30.9 Å². The van der Waals surface area contributed by atoms with Crippen molar-refractivity contribution >= 4 is 11.7 Å². The molecule has 0 saturated carbocycles. The summed E-state index contributed by atoms with van der Waals surface area (Å²) in [5.74, 6) is 0.358. The maximum atomic E-state index is 13.0. The number of nitrogens with zero attached hydrogens (tertiary/aromatic N) is 1. The molecular formula is C17H21F3N2O2. The molecule has 2 amide bonds. The molecule has 2 rings (SSSR count). The molecule has 1 aromatic carbocycles. The maximum absolute atomic E-state index is 13.0. The van der Waals surface area contributed by atoms with Crippen LogP contribution < -0.4 is 5.32 Å². The molecule has 0 atom stereocenters. The van der Waals surface area contributed by atoms with Gasteiger partial charge in [-0.25, -0.2) is 4.79 Å². The first kappa shape index (κ1) is 18.3. The van der Waals surface area contributed by atoms with E-state index in [4.69, 9.17) is 4.74 Å². The number of likely N-dealkylation sites (tertiary alicyclic amines) is 1. The van der Waals surface area contributed by atoms with Crippen molar-refractivity contribution in [2.75, 3.05) is 31.6 Å². The van der Waals surface area contributed by atoms with E-state index in [0.29, 0.717) is 32.2 Å². The average Bonchev–Trinajstić information content (AvgIpc) is 2.55. The third-order valence-corrected chi connectivity index (χ3v) is 3.97. The summed E-state index contributed by atoms with van der Waals surface area (Å²) in [7, 11) is 0. The van der Waals surface area contributed by atoms with Crippen molar-refractivity contribution in [1.29, 1.82) is 0 Å². The number of benzene rings is 1. The van der Waals surface area contributed by atoms with E-state index in [1.165, 1.54) is 23.1 Å². The highest BCUT2D eigenvalue weighted by molar-refractivity contribution is 5.90. The van der Waals surface area contributed by atoms with Crippen LogP contribution in [0.15, 0.2) is 36.9 Å². The number of carbonyl (C=O) groups is 1. The van der Waals surface area contributed by atoms with Crippen LogP contribution in [0, 0.1) is 5.92 Å². The molecule has 1 aromatic rings. The zero-order valence-corrected chi connectivity index (χ0v) is 13.3. The van der Waals surface area contributed by atoms with Gasteiger partial charge in [0, 0.05) is 19.7 Å². The van der Waals surface area contributed by atoms with Gasteiger partial charge < -0.3 is 15.0 Å². The van der Waals surface area contributed by atoms with E-state index in [2.05, 4.69) is 11.9 Å². The molecule has 1 aliphatic rings. The zero-order valence-electron chi connectivity index (χ0n) is 13.3. The summed E-state index contributed by atoms with van der Waals surface area (Å²) < 4.78 is 44.3. The molecule has 24 heavy (non-hydrogen) atoms. The smallest absolute Gasteiger partial charge is 0.377 e. The third-order valence-electron chi connectivity index (χ3n) is 3.97. The predicted octanol–water partition coefficient (Wildman–Crippen LogP) is 4.15. The molecule has 1 N–H and O–H groups in total.